The van der Waals surface area contributed by atoms with Crippen molar-refractivity contribution in [2.45, 2.75) is 15.2 Å². The number of aromatic nitrogens is 2. The number of hydrogen-bond donors (Lipinski definition) is 0. The van der Waals surface area contributed by atoms with E-state index in [1.165, 1.54) is 20.9 Å². The minimum Gasteiger partial charge on any atom is -0.503 e. The van der Waals surface area contributed by atoms with Crippen molar-refractivity contribution in [3.63, 3.8) is 0 Å². The summed E-state index contributed by atoms with van der Waals surface area (Å²) in [6.07, 6.45) is 1.87. The van der Waals surface area contributed by atoms with Crippen molar-refractivity contribution < 1.29 is 25.8 Å². The molecule has 1 aliphatic rings. The minimum absolute atomic E-state index is 0. The van der Waals surface area contributed by atoms with Crippen molar-refractivity contribution in [2.24, 2.45) is 0 Å². The molecule has 5 aromatic carbocycles. The molecule has 0 atom stereocenters. The van der Waals surface area contributed by atoms with Gasteiger partial charge in [0, 0.05) is 27.5 Å². The van der Waals surface area contributed by atoms with Gasteiger partial charge in [-0.1, -0.05) is 90.6 Å². The van der Waals surface area contributed by atoms with Crippen LogP contribution < -0.4 is 4.74 Å². The van der Waals surface area contributed by atoms with Crippen molar-refractivity contribution in [3.05, 3.63) is 180 Å². The Kier molecular flexibility index (Phi) is 7.64. The summed E-state index contributed by atoms with van der Waals surface area (Å²) in [6, 6.07) is 54.7. The van der Waals surface area contributed by atoms with E-state index in [9.17, 15) is 0 Å². The van der Waals surface area contributed by atoms with E-state index in [2.05, 4.69) is 91.0 Å². The standard InChI is InChI=1S/C39H24N2OS.Pt/c1-4-18-34-27(11-1)22-23-35(41-34)28-12-9-14-30(25-28)42-31-15-10-13-29(26-31)39(38-21-7-8-24-40-38)32-16-2-5-19-36(32)43-37-20-6-3-17-33(37)39;/h1-24H;/q-2;+2. The molecule has 1 aliphatic heterocycles. The molecule has 0 amide bonds. The van der Waals surface area contributed by atoms with Gasteiger partial charge in [-0.15, -0.1) is 41.5 Å². The average Bonchev–Trinajstić information content (AvgIpc) is 3.07. The van der Waals surface area contributed by atoms with Crippen LogP contribution in [0, 0.1) is 12.1 Å². The maximum Gasteiger partial charge on any atom is 2.00 e. The Morgan fingerprint density at radius 3 is 2.05 bits per heavy atom. The van der Waals surface area contributed by atoms with E-state index in [1.807, 2.05) is 66.9 Å². The summed E-state index contributed by atoms with van der Waals surface area (Å²) in [5, 5.41) is 1.11. The van der Waals surface area contributed by atoms with Crippen LogP contribution in [0.1, 0.15) is 22.4 Å². The number of benzene rings is 5. The van der Waals surface area contributed by atoms with E-state index < -0.39 is 5.41 Å². The van der Waals surface area contributed by atoms with E-state index >= 15 is 0 Å². The van der Waals surface area contributed by atoms with Crippen molar-refractivity contribution in [2.75, 3.05) is 0 Å². The van der Waals surface area contributed by atoms with Crippen molar-refractivity contribution in [1.82, 2.24) is 9.97 Å². The van der Waals surface area contributed by atoms with Crippen LogP contribution in [0.5, 0.6) is 11.5 Å². The first-order chi connectivity index (χ1) is 21.3. The Hall–Kier alpha value is -4.50. The molecule has 0 spiro atoms. The van der Waals surface area contributed by atoms with Crippen LogP contribution >= 0.6 is 11.8 Å². The van der Waals surface area contributed by atoms with Crippen LogP contribution in [0.4, 0.5) is 0 Å². The van der Waals surface area contributed by atoms with Gasteiger partial charge in [-0.25, -0.2) is 0 Å². The Balaban J connectivity index is 0.00000312. The molecular weight excluding hydrogens is 740 g/mol. The zero-order chi connectivity index (χ0) is 28.6. The summed E-state index contributed by atoms with van der Waals surface area (Å²) in [7, 11) is 0. The van der Waals surface area contributed by atoms with Crippen molar-refractivity contribution >= 4 is 22.7 Å². The van der Waals surface area contributed by atoms with Gasteiger partial charge >= 0.3 is 21.1 Å². The summed E-state index contributed by atoms with van der Waals surface area (Å²) in [5.74, 6) is 1.22. The Morgan fingerprint density at radius 2 is 1.27 bits per heavy atom. The van der Waals surface area contributed by atoms with Gasteiger partial charge < -0.3 is 4.74 Å². The molecular formula is C39H24N2OPtS. The van der Waals surface area contributed by atoms with Gasteiger partial charge in [0.2, 0.25) is 0 Å². The van der Waals surface area contributed by atoms with E-state index in [0.717, 1.165) is 33.4 Å². The molecule has 44 heavy (non-hydrogen) atoms. The first-order valence-electron chi connectivity index (χ1n) is 14.2. The number of para-hydroxylation sites is 1. The predicted octanol–water partition coefficient (Wildman–Crippen LogP) is 9.53. The molecule has 0 aliphatic carbocycles. The second kappa shape index (κ2) is 11.9. The number of nitrogens with zero attached hydrogens (tertiary/aromatic N) is 2. The second-order valence-electron chi connectivity index (χ2n) is 10.4. The number of ether oxygens (including phenoxy) is 1. The first-order valence-corrected chi connectivity index (χ1v) is 15.0. The zero-order valence-electron chi connectivity index (χ0n) is 23.4. The van der Waals surface area contributed by atoms with Crippen LogP contribution in [-0.4, -0.2) is 9.97 Å². The Morgan fingerprint density at radius 1 is 0.591 bits per heavy atom. The predicted molar refractivity (Wildman–Crippen MR) is 172 cm³/mol. The number of pyridine rings is 2. The summed E-state index contributed by atoms with van der Waals surface area (Å²) < 4.78 is 6.45. The summed E-state index contributed by atoms with van der Waals surface area (Å²) >= 11 is 1.80. The van der Waals surface area contributed by atoms with Crippen LogP contribution in [0.3, 0.4) is 0 Å². The fraction of sp³-hybridized carbons (Fsp3) is 0.0256. The molecule has 0 fully saturated rings. The summed E-state index contributed by atoms with van der Waals surface area (Å²) in [6.45, 7) is 0. The van der Waals surface area contributed by atoms with Gasteiger partial charge in [0.1, 0.15) is 0 Å². The molecule has 2 aromatic heterocycles. The van der Waals surface area contributed by atoms with Gasteiger partial charge in [0.05, 0.1) is 16.6 Å². The second-order valence-corrected chi connectivity index (χ2v) is 11.5. The van der Waals surface area contributed by atoms with Crippen LogP contribution in [0.2, 0.25) is 0 Å². The van der Waals surface area contributed by atoms with Crippen LogP contribution in [0.25, 0.3) is 22.2 Å². The fourth-order valence-corrected chi connectivity index (χ4v) is 7.19. The largest absolute Gasteiger partial charge is 2.00 e. The number of fused-ring (bicyclic) bond motifs is 3. The van der Waals surface area contributed by atoms with Gasteiger partial charge in [0.15, 0.2) is 0 Å². The third-order valence-electron chi connectivity index (χ3n) is 7.89. The monoisotopic (exact) mass is 763 g/mol. The average molecular weight is 764 g/mol. The van der Waals surface area contributed by atoms with E-state index in [0.29, 0.717) is 11.5 Å². The van der Waals surface area contributed by atoms with Crippen LogP contribution in [0.15, 0.2) is 156 Å². The van der Waals surface area contributed by atoms with E-state index in [4.69, 9.17) is 14.7 Å². The normalized spacial score (nSPS) is 12.9. The molecule has 0 radical (unpaired) electrons. The maximum absolute atomic E-state index is 6.45. The maximum atomic E-state index is 6.45. The van der Waals surface area contributed by atoms with E-state index in [1.54, 1.807) is 11.8 Å². The Bertz CT molecular complexity index is 2070. The molecule has 8 rings (SSSR count). The molecule has 7 aromatic rings. The molecule has 0 saturated heterocycles. The van der Waals surface area contributed by atoms with Crippen LogP contribution in [-0.2, 0) is 26.5 Å². The summed E-state index contributed by atoms with van der Waals surface area (Å²) in [4.78, 5) is 12.2. The zero-order valence-corrected chi connectivity index (χ0v) is 26.5. The van der Waals surface area contributed by atoms with Gasteiger partial charge in [-0.3, -0.25) is 9.97 Å². The van der Waals surface area contributed by atoms with Gasteiger partial charge in [0.25, 0.3) is 0 Å². The molecule has 0 saturated carbocycles. The Labute approximate surface area is 275 Å². The number of rotatable bonds is 5. The van der Waals surface area contributed by atoms with E-state index in [-0.39, 0.29) is 21.1 Å². The smallest absolute Gasteiger partial charge is 0.503 e. The van der Waals surface area contributed by atoms with Crippen molar-refractivity contribution in [3.8, 4) is 22.8 Å². The number of hydrogen-bond acceptors (Lipinski definition) is 4. The quantitative estimate of drug-likeness (QED) is 0.164. The topological polar surface area (TPSA) is 35.0 Å². The van der Waals surface area contributed by atoms with Gasteiger partial charge in [-0.05, 0) is 52.5 Å². The molecule has 5 heteroatoms. The fourth-order valence-electron chi connectivity index (χ4n) is 6.00. The minimum atomic E-state index is -0.667. The van der Waals surface area contributed by atoms with Gasteiger partial charge in [-0.2, -0.15) is 12.1 Å². The SMILES string of the molecule is [Pt+2].[c-]1c(Oc2[c-]c(C3(c4ccccn4)c4ccccc4Sc4ccccc43)ccc2)cccc1-c1ccc2ccccc2n1. The first kappa shape index (κ1) is 28.3. The third kappa shape index (κ3) is 4.85. The molecule has 0 bridgehead atoms. The molecule has 3 heterocycles. The molecule has 0 unspecified atom stereocenters. The summed E-state index contributed by atoms with van der Waals surface area (Å²) in [5.41, 5.74) is 6.28. The third-order valence-corrected chi connectivity index (χ3v) is 9.04. The van der Waals surface area contributed by atoms with Crippen molar-refractivity contribution in [1.29, 1.82) is 0 Å². The molecule has 0 N–H and O–H groups in total. The molecule has 3 nitrogen and oxygen atoms in total. The molecule has 212 valence electrons.